The normalized spacial score (nSPS) is 17.3. The van der Waals surface area contributed by atoms with Crippen molar-refractivity contribution in [2.45, 2.75) is 25.2 Å². The zero-order valence-electron chi connectivity index (χ0n) is 15.1. The highest BCUT2D eigenvalue weighted by molar-refractivity contribution is 6.18. The van der Waals surface area contributed by atoms with Gasteiger partial charge < -0.3 is 0 Å². The van der Waals surface area contributed by atoms with Crippen LogP contribution in [0.15, 0.2) is 48.5 Å². The van der Waals surface area contributed by atoms with Gasteiger partial charge in [-0.1, -0.05) is 48.5 Å². The van der Waals surface area contributed by atoms with Gasteiger partial charge in [0.1, 0.15) is 5.69 Å². The molecule has 136 valence electrons. The van der Waals surface area contributed by atoms with Gasteiger partial charge in [0.05, 0.1) is 11.8 Å². The first kappa shape index (κ1) is 16.6. The summed E-state index contributed by atoms with van der Waals surface area (Å²) >= 11 is 0. The van der Waals surface area contributed by atoms with Gasteiger partial charge in [0.2, 0.25) is 5.78 Å². The summed E-state index contributed by atoms with van der Waals surface area (Å²) in [5, 5.41) is 16.9. The lowest BCUT2D eigenvalue weighted by Gasteiger charge is -2.22. The average Bonchev–Trinajstić information content (AvgIpc) is 3.30. The Morgan fingerprint density at radius 2 is 1.89 bits per heavy atom. The van der Waals surface area contributed by atoms with Gasteiger partial charge in [0.15, 0.2) is 11.7 Å². The Bertz CT molecular complexity index is 1150. The molecule has 0 amide bonds. The molecule has 0 radical (unpaired) electrons. The van der Waals surface area contributed by atoms with Crippen molar-refractivity contribution in [3.8, 4) is 17.3 Å². The van der Waals surface area contributed by atoms with Crippen molar-refractivity contribution in [1.82, 2.24) is 10.2 Å². The first-order chi connectivity index (χ1) is 13.7. The minimum atomic E-state index is -1.38. The number of aryl methyl sites for hydroxylation is 1. The number of aromatic amines is 1. The van der Waals surface area contributed by atoms with Gasteiger partial charge in [-0.05, 0) is 30.4 Å². The number of hydrogen-bond donors (Lipinski definition) is 1. The highest BCUT2D eigenvalue weighted by Gasteiger charge is 2.40. The van der Waals surface area contributed by atoms with E-state index in [1.807, 2.05) is 18.2 Å². The second kappa shape index (κ2) is 6.28. The van der Waals surface area contributed by atoms with Crippen molar-refractivity contribution in [3.05, 3.63) is 76.5 Å². The lowest BCUT2D eigenvalue weighted by molar-refractivity contribution is 0.0842. The molecule has 0 saturated heterocycles. The maximum atomic E-state index is 13.2. The van der Waals surface area contributed by atoms with Crippen molar-refractivity contribution in [3.63, 3.8) is 0 Å². The number of carbonyl (C=O) groups excluding carboxylic acids is 2. The Balaban J connectivity index is 1.57. The highest BCUT2D eigenvalue weighted by Crippen LogP contribution is 2.51. The molecule has 28 heavy (non-hydrogen) atoms. The van der Waals surface area contributed by atoms with E-state index in [0.29, 0.717) is 11.3 Å². The number of rotatable bonds is 4. The molecule has 5 rings (SSSR count). The Morgan fingerprint density at radius 3 is 2.68 bits per heavy atom. The molecule has 5 heteroatoms. The number of fused-ring (bicyclic) bond motifs is 3. The predicted molar refractivity (Wildman–Crippen MR) is 103 cm³/mol. The lowest BCUT2D eigenvalue weighted by atomic mass is 9.80. The predicted octanol–water partition coefficient (Wildman–Crippen LogP) is 4.06. The topological polar surface area (TPSA) is 86.6 Å². The van der Waals surface area contributed by atoms with Crippen molar-refractivity contribution < 1.29 is 9.59 Å². The highest BCUT2D eigenvalue weighted by atomic mass is 16.2. The molecule has 2 atom stereocenters. The van der Waals surface area contributed by atoms with Gasteiger partial charge in [-0.3, -0.25) is 14.7 Å². The summed E-state index contributed by atoms with van der Waals surface area (Å²) < 4.78 is 0. The van der Waals surface area contributed by atoms with Crippen LogP contribution in [-0.2, 0) is 6.42 Å². The molecule has 1 N–H and O–H groups in total. The third kappa shape index (κ3) is 2.28. The van der Waals surface area contributed by atoms with E-state index in [9.17, 15) is 14.9 Å². The quantitative estimate of drug-likeness (QED) is 0.556. The fourth-order valence-electron chi connectivity index (χ4n) is 4.61. The second-order valence-corrected chi connectivity index (χ2v) is 7.34. The molecule has 0 spiro atoms. The monoisotopic (exact) mass is 367 g/mol. The molecule has 0 bridgehead atoms. The number of carbonyl (C=O) groups is 2. The molecule has 0 aliphatic heterocycles. The zero-order chi connectivity index (χ0) is 19.3. The Kier molecular flexibility index (Phi) is 3.73. The number of aromatic nitrogens is 2. The Labute approximate surface area is 162 Å². The molecule has 0 fully saturated rings. The summed E-state index contributed by atoms with van der Waals surface area (Å²) in [5.41, 5.74) is 5.95. The first-order valence-corrected chi connectivity index (χ1v) is 9.44. The molecule has 1 heterocycles. The SMILES string of the molecule is N#CC(C(=O)c1ccccc1)C(=O)c1[nH]nc2c1C1CCCc3cccc-2c31. The smallest absolute Gasteiger partial charge is 0.205 e. The lowest BCUT2D eigenvalue weighted by Crippen LogP contribution is -2.24. The Hall–Kier alpha value is -3.52. The van der Waals surface area contributed by atoms with Crippen LogP contribution in [0.3, 0.4) is 0 Å². The molecule has 1 aromatic heterocycles. The van der Waals surface area contributed by atoms with Crippen LogP contribution in [-0.4, -0.2) is 21.8 Å². The maximum Gasteiger partial charge on any atom is 0.205 e. The van der Waals surface area contributed by atoms with E-state index in [1.54, 1.807) is 30.3 Å². The van der Waals surface area contributed by atoms with E-state index in [1.165, 1.54) is 11.1 Å². The van der Waals surface area contributed by atoms with Crippen LogP contribution in [0.25, 0.3) is 11.3 Å². The summed E-state index contributed by atoms with van der Waals surface area (Å²) in [7, 11) is 0. The molecular weight excluding hydrogens is 350 g/mol. The fourth-order valence-corrected chi connectivity index (χ4v) is 4.61. The van der Waals surface area contributed by atoms with Crippen LogP contribution in [0.2, 0.25) is 0 Å². The first-order valence-electron chi connectivity index (χ1n) is 9.44. The van der Waals surface area contributed by atoms with Crippen molar-refractivity contribution in [1.29, 1.82) is 5.26 Å². The summed E-state index contributed by atoms with van der Waals surface area (Å²) in [6.45, 7) is 0. The van der Waals surface area contributed by atoms with Crippen LogP contribution in [0, 0.1) is 17.2 Å². The molecule has 2 aliphatic carbocycles. The molecule has 2 unspecified atom stereocenters. The van der Waals surface area contributed by atoms with Gasteiger partial charge >= 0.3 is 0 Å². The number of nitrogens with zero attached hydrogens (tertiary/aromatic N) is 2. The summed E-state index contributed by atoms with van der Waals surface area (Å²) in [4.78, 5) is 26.0. The largest absolute Gasteiger partial charge is 0.292 e. The summed E-state index contributed by atoms with van der Waals surface area (Å²) in [6, 6.07) is 16.6. The van der Waals surface area contributed by atoms with E-state index < -0.39 is 17.5 Å². The molecule has 2 aliphatic rings. The van der Waals surface area contributed by atoms with Crippen LogP contribution >= 0.6 is 0 Å². The van der Waals surface area contributed by atoms with Crippen LogP contribution in [0.4, 0.5) is 0 Å². The van der Waals surface area contributed by atoms with Crippen LogP contribution in [0.5, 0.6) is 0 Å². The molecule has 3 aromatic rings. The van der Waals surface area contributed by atoms with E-state index in [0.717, 1.165) is 36.1 Å². The minimum Gasteiger partial charge on any atom is -0.292 e. The van der Waals surface area contributed by atoms with E-state index in [4.69, 9.17) is 0 Å². The third-order valence-corrected chi connectivity index (χ3v) is 5.85. The fraction of sp³-hybridized carbons (Fsp3) is 0.217. The van der Waals surface area contributed by atoms with Gasteiger partial charge in [0.25, 0.3) is 0 Å². The minimum absolute atomic E-state index is 0.110. The number of nitriles is 1. The van der Waals surface area contributed by atoms with Crippen molar-refractivity contribution >= 4 is 11.6 Å². The number of Topliss-reactive ketones (excluding diaryl/α,β-unsaturated/α-hetero) is 2. The Morgan fingerprint density at radius 1 is 1.07 bits per heavy atom. The number of benzene rings is 2. The molecule has 0 saturated carbocycles. The van der Waals surface area contributed by atoms with E-state index in [2.05, 4.69) is 16.3 Å². The zero-order valence-corrected chi connectivity index (χ0v) is 15.1. The standard InChI is InChI=1S/C23H17N3O2/c24-12-17(22(27)14-6-2-1-3-7-14)23(28)21-19-15-10-4-8-13-9-5-11-16(18(13)15)20(19)25-26-21/h1-3,5-7,9,11,15,17H,4,8,10H2,(H,25,26). The van der Waals surface area contributed by atoms with Crippen LogP contribution in [0.1, 0.15) is 56.3 Å². The number of H-pyrrole nitrogens is 1. The van der Waals surface area contributed by atoms with Gasteiger partial charge in [-0.15, -0.1) is 0 Å². The molecule has 5 nitrogen and oxygen atoms in total. The maximum absolute atomic E-state index is 13.2. The molecule has 2 aromatic carbocycles. The number of nitrogens with one attached hydrogen (secondary N) is 1. The second-order valence-electron chi connectivity index (χ2n) is 7.34. The van der Waals surface area contributed by atoms with E-state index >= 15 is 0 Å². The van der Waals surface area contributed by atoms with Gasteiger partial charge in [0, 0.05) is 22.6 Å². The van der Waals surface area contributed by atoms with Gasteiger partial charge in [-0.2, -0.15) is 10.4 Å². The van der Waals surface area contributed by atoms with E-state index in [-0.39, 0.29) is 5.92 Å². The van der Waals surface area contributed by atoms with Crippen LogP contribution < -0.4 is 0 Å². The number of ketones is 2. The summed E-state index contributed by atoms with van der Waals surface area (Å²) in [5.74, 6) is -2.24. The van der Waals surface area contributed by atoms with Crippen molar-refractivity contribution in [2.24, 2.45) is 5.92 Å². The van der Waals surface area contributed by atoms with Gasteiger partial charge in [-0.25, -0.2) is 0 Å². The third-order valence-electron chi connectivity index (χ3n) is 5.85. The number of hydrogen-bond acceptors (Lipinski definition) is 4. The van der Waals surface area contributed by atoms with Crippen molar-refractivity contribution in [2.75, 3.05) is 0 Å². The average molecular weight is 367 g/mol. The summed E-state index contributed by atoms with van der Waals surface area (Å²) in [6.07, 6.45) is 3.02. The molecular formula is C23H17N3O2.